The highest BCUT2D eigenvalue weighted by molar-refractivity contribution is 7.09. The summed E-state index contributed by atoms with van der Waals surface area (Å²) in [5.74, 6) is 1.01. The van der Waals surface area contributed by atoms with Crippen LogP contribution in [0.4, 0.5) is 5.13 Å². The van der Waals surface area contributed by atoms with E-state index < -0.39 is 0 Å². The molecule has 15 heavy (non-hydrogen) atoms. The van der Waals surface area contributed by atoms with Gasteiger partial charge in [0.05, 0.1) is 0 Å². The van der Waals surface area contributed by atoms with Crippen LogP contribution in [0.2, 0.25) is 0 Å². The molecule has 2 fully saturated rings. The van der Waals surface area contributed by atoms with E-state index in [0.717, 1.165) is 17.4 Å². The standard InChI is InChI=1S/C11H17N3S/c1-2-9-12-10(15-13-9)14-7-3-4-11(8-14)5-6-11/h2-8H2,1H3. The van der Waals surface area contributed by atoms with Crippen LogP contribution >= 0.6 is 11.5 Å². The van der Waals surface area contributed by atoms with E-state index in [0.29, 0.717) is 5.41 Å². The minimum atomic E-state index is 0.677. The van der Waals surface area contributed by atoms with Crippen molar-refractivity contribution >= 4 is 16.7 Å². The number of hydrogen-bond acceptors (Lipinski definition) is 4. The van der Waals surface area contributed by atoms with E-state index in [-0.39, 0.29) is 0 Å². The van der Waals surface area contributed by atoms with Gasteiger partial charge in [0.25, 0.3) is 0 Å². The number of nitrogens with zero attached hydrogens (tertiary/aromatic N) is 3. The number of anilines is 1. The lowest BCUT2D eigenvalue weighted by molar-refractivity contribution is 0.395. The molecule has 1 aromatic heterocycles. The highest BCUT2D eigenvalue weighted by Crippen LogP contribution is 2.52. The molecule has 0 unspecified atom stereocenters. The Hall–Kier alpha value is -0.640. The first-order valence-corrected chi connectivity index (χ1v) is 6.66. The van der Waals surface area contributed by atoms with Crippen molar-refractivity contribution in [2.75, 3.05) is 18.0 Å². The summed E-state index contributed by atoms with van der Waals surface area (Å²) in [4.78, 5) is 7.03. The minimum Gasteiger partial charge on any atom is -0.346 e. The quantitative estimate of drug-likeness (QED) is 0.771. The summed E-state index contributed by atoms with van der Waals surface area (Å²) < 4.78 is 4.37. The highest BCUT2D eigenvalue weighted by atomic mass is 32.1. The summed E-state index contributed by atoms with van der Waals surface area (Å²) in [5.41, 5.74) is 0.677. The summed E-state index contributed by atoms with van der Waals surface area (Å²) >= 11 is 1.57. The number of rotatable bonds is 2. The molecule has 0 aromatic carbocycles. The van der Waals surface area contributed by atoms with Gasteiger partial charge in [-0.15, -0.1) is 0 Å². The average Bonchev–Trinajstić information content (AvgIpc) is 2.86. The first-order chi connectivity index (χ1) is 7.31. The van der Waals surface area contributed by atoms with E-state index in [1.54, 1.807) is 11.5 Å². The van der Waals surface area contributed by atoms with Gasteiger partial charge in [-0.1, -0.05) is 6.92 Å². The number of hydrogen-bond donors (Lipinski definition) is 0. The largest absolute Gasteiger partial charge is 0.346 e. The molecule has 1 aliphatic carbocycles. The Labute approximate surface area is 94.7 Å². The van der Waals surface area contributed by atoms with E-state index >= 15 is 0 Å². The molecule has 0 radical (unpaired) electrons. The molecule has 3 nitrogen and oxygen atoms in total. The molecule has 1 saturated heterocycles. The maximum absolute atomic E-state index is 4.58. The zero-order valence-electron chi connectivity index (χ0n) is 9.20. The molecule has 2 heterocycles. The van der Waals surface area contributed by atoms with Gasteiger partial charge in [-0.25, -0.2) is 4.98 Å². The molecule has 1 spiro atoms. The minimum absolute atomic E-state index is 0.677. The maximum Gasteiger partial charge on any atom is 0.205 e. The van der Waals surface area contributed by atoms with Crippen LogP contribution in [0.15, 0.2) is 0 Å². The van der Waals surface area contributed by atoms with Crippen LogP contribution in [0.1, 0.15) is 38.4 Å². The average molecular weight is 223 g/mol. The summed E-state index contributed by atoms with van der Waals surface area (Å²) in [5, 5.41) is 1.15. The summed E-state index contributed by atoms with van der Waals surface area (Å²) in [7, 11) is 0. The van der Waals surface area contributed by atoms with Crippen LogP contribution in [0.3, 0.4) is 0 Å². The van der Waals surface area contributed by atoms with Crippen LogP contribution in [0, 0.1) is 5.41 Å². The van der Waals surface area contributed by atoms with Gasteiger partial charge in [0.2, 0.25) is 5.13 Å². The van der Waals surface area contributed by atoms with E-state index in [1.807, 2.05) is 0 Å². The number of piperidine rings is 1. The van der Waals surface area contributed by atoms with Crippen molar-refractivity contribution in [3.63, 3.8) is 0 Å². The molecule has 0 atom stereocenters. The monoisotopic (exact) mass is 223 g/mol. The topological polar surface area (TPSA) is 29.0 Å². The number of aromatic nitrogens is 2. The third-order valence-corrected chi connectivity index (χ3v) is 4.48. The molecule has 2 aliphatic rings. The molecule has 82 valence electrons. The van der Waals surface area contributed by atoms with Crippen LogP contribution in [-0.2, 0) is 6.42 Å². The first-order valence-electron chi connectivity index (χ1n) is 5.89. The van der Waals surface area contributed by atoms with E-state index in [1.165, 1.54) is 38.8 Å². The van der Waals surface area contributed by atoms with Gasteiger partial charge in [0.15, 0.2) is 0 Å². The molecule has 0 bridgehead atoms. The van der Waals surface area contributed by atoms with Gasteiger partial charge in [-0.2, -0.15) is 4.37 Å². The van der Waals surface area contributed by atoms with Gasteiger partial charge in [-0.05, 0) is 31.1 Å². The maximum atomic E-state index is 4.58. The summed E-state index contributed by atoms with van der Waals surface area (Å²) in [6, 6.07) is 0. The van der Waals surface area contributed by atoms with Crippen LogP contribution < -0.4 is 4.90 Å². The first kappa shape index (κ1) is 9.58. The molecule has 0 amide bonds. The van der Waals surface area contributed by atoms with Crippen molar-refractivity contribution in [1.82, 2.24) is 9.36 Å². The Morgan fingerprint density at radius 3 is 2.93 bits per heavy atom. The second-order valence-electron chi connectivity index (χ2n) is 4.87. The Morgan fingerprint density at radius 1 is 1.40 bits per heavy atom. The fourth-order valence-electron chi connectivity index (χ4n) is 2.47. The highest BCUT2D eigenvalue weighted by Gasteiger charge is 2.45. The van der Waals surface area contributed by atoms with Crippen LogP contribution in [-0.4, -0.2) is 22.4 Å². The normalized spacial score (nSPS) is 23.4. The van der Waals surface area contributed by atoms with E-state index in [2.05, 4.69) is 21.2 Å². The Bertz CT molecular complexity index is 356. The molecule has 1 aromatic rings. The predicted octanol–water partition coefficient (Wildman–Crippen LogP) is 2.48. The van der Waals surface area contributed by atoms with Gasteiger partial charge in [-0.3, -0.25) is 0 Å². The van der Waals surface area contributed by atoms with Crippen molar-refractivity contribution in [2.24, 2.45) is 5.41 Å². The van der Waals surface area contributed by atoms with E-state index in [9.17, 15) is 0 Å². The fraction of sp³-hybridized carbons (Fsp3) is 0.818. The predicted molar refractivity (Wildman–Crippen MR) is 62.4 cm³/mol. The zero-order chi connectivity index (χ0) is 10.3. The SMILES string of the molecule is CCc1nsc(N2CCCC3(CC3)C2)n1. The third-order valence-electron chi connectivity index (χ3n) is 3.66. The second-order valence-corrected chi connectivity index (χ2v) is 5.60. The van der Waals surface area contributed by atoms with Crippen molar-refractivity contribution in [1.29, 1.82) is 0 Å². The van der Waals surface area contributed by atoms with Crippen molar-refractivity contribution < 1.29 is 0 Å². The van der Waals surface area contributed by atoms with Gasteiger partial charge >= 0.3 is 0 Å². The second kappa shape index (κ2) is 3.44. The Balaban J connectivity index is 1.75. The Kier molecular flexibility index (Phi) is 2.20. The summed E-state index contributed by atoms with van der Waals surface area (Å²) in [6.07, 6.45) is 6.59. The van der Waals surface area contributed by atoms with Crippen LogP contribution in [0.5, 0.6) is 0 Å². The molecule has 1 saturated carbocycles. The molecule has 1 aliphatic heterocycles. The molecule has 0 N–H and O–H groups in total. The van der Waals surface area contributed by atoms with Crippen molar-refractivity contribution in [3.05, 3.63) is 5.82 Å². The fourth-order valence-corrected chi connectivity index (χ4v) is 3.25. The molecule has 3 rings (SSSR count). The molecule has 4 heteroatoms. The smallest absolute Gasteiger partial charge is 0.205 e. The molecular weight excluding hydrogens is 206 g/mol. The van der Waals surface area contributed by atoms with Crippen LogP contribution in [0.25, 0.3) is 0 Å². The number of aryl methyl sites for hydroxylation is 1. The van der Waals surface area contributed by atoms with E-state index in [4.69, 9.17) is 0 Å². The lowest BCUT2D eigenvalue weighted by Crippen LogP contribution is -2.36. The Morgan fingerprint density at radius 2 is 2.27 bits per heavy atom. The van der Waals surface area contributed by atoms with Crippen molar-refractivity contribution in [2.45, 2.75) is 39.0 Å². The van der Waals surface area contributed by atoms with Gasteiger partial charge in [0, 0.05) is 31.0 Å². The summed E-state index contributed by atoms with van der Waals surface area (Å²) in [6.45, 7) is 4.52. The van der Waals surface area contributed by atoms with Gasteiger partial charge in [0.1, 0.15) is 5.82 Å². The zero-order valence-corrected chi connectivity index (χ0v) is 10.0. The van der Waals surface area contributed by atoms with Gasteiger partial charge < -0.3 is 4.90 Å². The molecular formula is C11H17N3S. The lowest BCUT2D eigenvalue weighted by Gasteiger charge is -2.32. The lowest BCUT2D eigenvalue weighted by atomic mass is 9.95. The van der Waals surface area contributed by atoms with Crippen molar-refractivity contribution in [3.8, 4) is 0 Å². The third kappa shape index (κ3) is 1.75.